The summed E-state index contributed by atoms with van der Waals surface area (Å²) in [6.45, 7) is 4.07. The first-order chi connectivity index (χ1) is 9.03. The number of sulfone groups is 1. The smallest absolute Gasteiger partial charge is 0.185 e. The van der Waals surface area contributed by atoms with E-state index >= 15 is 0 Å². The van der Waals surface area contributed by atoms with Gasteiger partial charge < -0.3 is 10.2 Å². The highest BCUT2D eigenvalue weighted by molar-refractivity contribution is 7.91. The number of hydrogen-bond acceptors (Lipinski definition) is 6. The summed E-state index contributed by atoms with van der Waals surface area (Å²) in [5.74, 6) is 0.503. The Morgan fingerprint density at radius 1 is 1.37 bits per heavy atom. The zero-order valence-corrected chi connectivity index (χ0v) is 12.7. The topological polar surface area (TPSA) is 62.3 Å². The van der Waals surface area contributed by atoms with Crippen LogP contribution in [0.25, 0.3) is 0 Å². The first-order valence-electron chi connectivity index (χ1n) is 6.68. The quantitative estimate of drug-likeness (QED) is 0.897. The van der Waals surface area contributed by atoms with E-state index in [1.807, 2.05) is 6.92 Å². The number of aromatic nitrogens is 1. The lowest BCUT2D eigenvalue weighted by Crippen LogP contribution is -2.40. The average molecular weight is 301 g/mol. The molecule has 1 aliphatic heterocycles. The van der Waals surface area contributed by atoms with Gasteiger partial charge >= 0.3 is 0 Å². The molecule has 1 aliphatic carbocycles. The van der Waals surface area contributed by atoms with Crippen molar-refractivity contribution >= 4 is 26.3 Å². The predicted molar refractivity (Wildman–Crippen MR) is 77.6 cm³/mol. The summed E-state index contributed by atoms with van der Waals surface area (Å²) in [6.07, 6.45) is 2.57. The molecule has 106 valence electrons. The summed E-state index contributed by atoms with van der Waals surface area (Å²) in [6, 6.07) is 0.699. The van der Waals surface area contributed by atoms with Gasteiger partial charge in [-0.15, -0.1) is 11.3 Å². The van der Waals surface area contributed by atoms with Crippen molar-refractivity contribution in [2.45, 2.75) is 32.4 Å². The van der Waals surface area contributed by atoms with Gasteiger partial charge in [-0.2, -0.15) is 0 Å². The lowest BCUT2D eigenvalue weighted by atomic mass is 10.4. The van der Waals surface area contributed by atoms with Crippen LogP contribution in [-0.2, 0) is 16.4 Å². The van der Waals surface area contributed by atoms with Gasteiger partial charge in [0.1, 0.15) is 0 Å². The second-order valence-electron chi connectivity index (χ2n) is 5.30. The minimum Gasteiger partial charge on any atom is -0.346 e. The van der Waals surface area contributed by atoms with E-state index in [0.29, 0.717) is 19.1 Å². The first-order valence-corrected chi connectivity index (χ1v) is 9.32. The molecule has 0 spiro atoms. The summed E-state index contributed by atoms with van der Waals surface area (Å²) in [5, 5.41) is 4.47. The number of aryl methyl sites for hydroxylation is 1. The molecule has 2 aliphatic rings. The van der Waals surface area contributed by atoms with E-state index in [2.05, 4.69) is 15.2 Å². The lowest BCUT2D eigenvalue weighted by Gasteiger charge is -2.25. The van der Waals surface area contributed by atoms with E-state index < -0.39 is 9.84 Å². The van der Waals surface area contributed by atoms with Gasteiger partial charge in [-0.25, -0.2) is 13.4 Å². The highest BCUT2D eigenvalue weighted by Gasteiger charge is 2.25. The SMILES string of the molecule is Cc1nc(N2CCS(=O)(=O)CC2)sc1CNC1CC1. The van der Waals surface area contributed by atoms with Crippen LogP contribution in [-0.4, -0.2) is 44.0 Å². The fraction of sp³-hybridized carbons (Fsp3) is 0.750. The fourth-order valence-electron chi connectivity index (χ4n) is 2.14. The average Bonchev–Trinajstić information content (AvgIpc) is 3.11. The van der Waals surface area contributed by atoms with Gasteiger partial charge in [0.2, 0.25) is 0 Å². The van der Waals surface area contributed by atoms with Crippen molar-refractivity contribution < 1.29 is 8.42 Å². The van der Waals surface area contributed by atoms with Crippen LogP contribution in [0.2, 0.25) is 0 Å². The molecule has 7 heteroatoms. The molecule has 1 aromatic rings. The Morgan fingerprint density at radius 2 is 2.05 bits per heavy atom. The Balaban J connectivity index is 1.66. The molecule has 0 bridgehead atoms. The number of thiazole rings is 1. The Morgan fingerprint density at radius 3 is 2.68 bits per heavy atom. The van der Waals surface area contributed by atoms with Crippen LogP contribution in [0, 0.1) is 6.92 Å². The van der Waals surface area contributed by atoms with E-state index in [1.54, 1.807) is 11.3 Å². The number of rotatable bonds is 4. The molecule has 0 atom stereocenters. The minimum atomic E-state index is -2.82. The van der Waals surface area contributed by atoms with Gasteiger partial charge in [0, 0.05) is 30.6 Å². The van der Waals surface area contributed by atoms with Crippen LogP contribution in [0.15, 0.2) is 0 Å². The molecule has 5 nitrogen and oxygen atoms in total. The first kappa shape index (κ1) is 13.3. The molecule has 19 heavy (non-hydrogen) atoms. The molecule has 0 unspecified atom stereocenters. The number of hydrogen-bond donors (Lipinski definition) is 1. The highest BCUT2D eigenvalue weighted by Crippen LogP contribution is 2.28. The normalized spacial score (nSPS) is 22.7. The highest BCUT2D eigenvalue weighted by atomic mass is 32.2. The summed E-state index contributed by atoms with van der Waals surface area (Å²) in [5.41, 5.74) is 1.07. The second kappa shape index (κ2) is 5.03. The molecule has 0 amide bonds. The maximum Gasteiger partial charge on any atom is 0.185 e. The van der Waals surface area contributed by atoms with Crippen molar-refractivity contribution in [2.24, 2.45) is 0 Å². The van der Waals surface area contributed by atoms with E-state index in [-0.39, 0.29) is 11.5 Å². The third-order valence-corrected chi connectivity index (χ3v) is 6.45. The monoisotopic (exact) mass is 301 g/mol. The van der Waals surface area contributed by atoms with Crippen molar-refractivity contribution in [1.29, 1.82) is 0 Å². The Kier molecular flexibility index (Phi) is 3.53. The Labute approximate surface area is 117 Å². The van der Waals surface area contributed by atoms with Crippen LogP contribution in [0.1, 0.15) is 23.4 Å². The van der Waals surface area contributed by atoms with E-state index in [4.69, 9.17) is 0 Å². The van der Waals surface area contributed by atoms with E-state index in [1.165, 1.54) is 17.7 Å². The Bertz CT molecular complexity index is 550. The molecular formula is C12H19N3O2S2. The van der Waals surface area contributed by atoms with Gasteiger partial charge in [-0.05, 0) is 19.8 Å². The third-order valence-electron chi connectivity index (χ3n) is 3.62. The molecule has 3 rings (SSSR count). The molecule has 0 radical (unpaired) electrons. The number of nitrogens with one attached hydrogen (secondary N) is 1. The zero-order chi connectivity index (χ0) is 13.5. The third kappa shape index (κ3) is 3.27. The fourth-order valence-corrected chi connectivity index (χ4v) is 4.40. The maximum absolute atomic E-state index is 11.4. The number of nitrogens with zero attached hydrogens (tertiary/aromatic N) is 2. The maximum atomic E-state index is 11.4. The van der Waals surface area contributed by atoms with Gasteiger partial charge in [0.15, 0.2) is 15.0 Å². The van der Waals surface area contributed by atoms with Crippen molar-refractivity contribution in [3.63, 3.8) is 0 Å². The molecule has 1 saturated heterocycles. The van der Waals surface area contributed by atoms with Crippen LogP contribution >= 0.6 is 11.3 Å². The van der Waals surface area contributed by atoms with E-state index in [0.717, 1.165) is 17.4 Å². The van der Waals surface area contributed by atoms with Crippen molar-refractivity contribution in [3.05, 3.63) is 10.6 Å². The molecule has 0 aromatic carbocycles. The Hall–Kier alpha value is -0.660. The van der Waals surface area contributed by atoms with E-state index in [9.17, 15) is 8.42 Å². The molecule has 2 fully saturated rings. The van der Waals surface area contributed by atoms with Crippen LogP contribution in [0.5, 0.6) is 0 Å². The minimum absolute atomic E-state index is 0.251. The summed E-state index contributed by atoms with van der Waals surface area (Å²) < 4.78 is 22.9. The molecule has 1 N–H and O–H groups in total. The van der Waals surface area contributed by atoms with Crippen molar-refractivity contribution in [2.75, 3.05) is 29.5 Å². The van der Waals surface area contributed by atoms with Gasteiger partial charge in [-0.3, -0.25) is 0 Å². The van der Waals surface area contributed by atoms with Crippen LogP contribution in [0.4, 0.5) is 5.13 Å². The number of anilines is 1. The lowest BCUT2D eigenvalue weighted by molar-refractivity contribution is 0.586. The van der Waals surface area contributed by atoms with Gasteiger partial charge in [-0.1, -0.05) is 0 Å². The molecule has 1 saturated carbocycles. The zero-order valence-electron chi connectivity index (χ0n) is 11.1. The summed E-state index contributed by atoms with van der Waals surface area (Å²) in [4.78, 5) is 7.96. The van der Waals surface area contributed by atoms with Crippen LogP contribution in [0.3, 0.4) is 0 Å². The predicted octanol–water partition coefficient (Wildman–Crippen LogP) is 0.938. The van der Waals surface area contributed by atoms with Gasteiger partial charge in [0.25, 0.3) is 0 Å². The summed E-state index contributed by atoms with van der Waals surface area (Å²) in [7, 11) is -2.82. The molecule has 1 aromatic heterocycles. The van der Waals surface area contributed by atoms with Gasteiger partial charge in [0.05, 0.1) is 17.2 Å². The largest absolute Gasteiger partial charge is 0.346 e. The second-order valence-corrected chi connectivity index (χ2v) is 8.66. The van der Waals surface area contributed by atoms with Crippen LogP contribution < -0.4 is 10.2 Å². The standard InChI is InChI=1S/C12H19N3O2S2/c1-9-11(8-13-10-2-3-10)18-12(14-9)15-4-6-19(16,17)7-5-15/h10,13H,2-8H2,1H3. The van der Waals surface area contributed by atoms with Crippen molar-refractivity contribution in [1.82, 2.24) is 10.3 Å². The molecular weight excluding hydrogens is 282 g/mol. The molecule has 2 heterocycles. The summed E-state index contributed by atoms with van der Waals surface area (Å²) >= 11 is 1.69. The van der Waals surface area contributed by atoms with Crippen molar-refractivity contribution in [3.8, 4) is 0 Å².